The van der Waals surface area contributed by atoms with E-state index in [0.29, 0.717) is 5.39 Å². The molecule has 0 saturated carbocycles. The number of methoxy groups -OCH3 is 1. The Morgan fingerprint density at radius 1 is 1.23 bits per heavy atom. The highest BCUT2D eigenvalue weighted by Gasteiger charge is 2.29. The first-order valence-corrected chi connectivity index (χ1v) is 11.7. The van der Waals surface area contributed by atoms with Crippen molar-refractivity contribution in [3.63, 3.8) is 0 Å². The first-order chi connectivity index (χ1) is 14.9. The van der Waals surface area contributed by atoms with Gasteiger partial charge in [0.25, 0.3) is 0 Å². The lowest BCUT2D eigenvalue weighted by molar-refractivity contribution is -0.141. The Balaban J connectivity index is 1.59. The van der Waals surface area contributed by atoms with Gasteiger partial charge in [0.15, 0.2) is 0 Å². The van der Waals surface area contributed by atoms with Gasteiger partial charge in [-0.1, -0.05) is 42.3 Å². The van der Waals surface area contributed by atoms with E-state index >= 15 is 0 Å². The van der Waals surface area contributed by atoms with Gasteiger partial charge in [0.2, 0.25) is 5.91 Å². The number of likely N-dealkylation sites (tertiary alicyclic amines) is 1. The Labute approximate surface area is 187 Å². The quantitative estimate of drug-likeness (QED) is 0.495. The van der Waals surface area contributed by atoms with E-state index in [0.717, 1.165) is 36.9 Å². The van der Waals surface area contributed by atoms with Crippen LogP contribution in [0.25, 0.3) is 10.8 Å². The van der Waals surface area contributed by atoms with Crippen molar-refractivity contribution in [1.29, 1.82) is 0 Å². The Morgan fingerprint density at radius 2 is 1.90 bits per heavy atom. The maximum atomic E-state index is 14.2. The van der Waals surface area contributed by atoms with Crippen LogP contribution < -0.4 is 5.32 Å². The summed E-state index contributed by atoms with van der Waals surface area (Å²) in [5.41, 5.74) is 1.14. The number of fused-ring (bicyclic) bond motifs is 1. The number of nitrogens with one attached hydrogen (secondary N) is 1. The highest BCUT2D eigenvalue weighted by Crippen LogP contribution is 2.32. The molecule has 0 aliphatic carbocycles. The number of hydrogen-bond donors (Lipinski definition) is 1. The molecule has 2 aromatic rings. The topological polar surface area (TPSA) is 61.9 Å². The van der Waals surface area contributed by atoms with E-state index in [2.05, 4.69) is 26.2 Å². The number of nitrogens with zero attached hydrogens (tertiary/aromatic N) is 2. The molecule has 168 valence electrons. The van der Waals surface area contributed by atoms with Crippen LogP contribution in [0.3, 0.4) is 0 Å². The summed E-state index contributed by atoms with van der Waals surface area (Å²) in [5, 5.41) is 4.22. The predicted octanol–water partition coefficient (Wildman–Crippen LogP) is 3.37. The molecule has 1 aliphatic heterocycles. The molecule has 2 aromatic carbocycles. The van der Waals surface area contributed by atoms with E-state index in [9.17, 15) is 14.0 Å². The molecular weight excluding hydrogens is 417 g/mol. The molecule has 1 atom stereocenters. The summed E-state index contributed by atoms with van der Waals surface area (Å²) in [6, 6.07) is 11.5. The van der Waals surface area contributed by atoms with Crippen LogP contribution in [0.1, 0.15) is 31.4 Å². The molecule has 1 unspecified atom stereocenters. The largest absolute Gasteiger partial charge is 0.468 e. The van der Waals surface area contributed by atoms with Crippen LogP contribution in [0.5, 0.6) is 0 Å². The monoisotopic (exact) mass is 447 g/mol. The summed E-state index contributed by atoms with van der Waals surface area (Å²) in [5.74, 6) is -0.834. The van der Waals surface area contributed by atoms with Gasteiger partial charge in [-0.2, -0.15) is 0 Å². The number of amides is 1. The second-order valence-corrected chi connectivity index (χ2v) is 8.57. The zero-order chi connectivity index (χ0) is 22.4. The SMILES string of the molecule is COC(=O)CNC(=O)CN(SC)C1CCN(C(C)c2ccc(F)c3ccccc23)CC1. The average Bonchev–Trinajstić information content (AvgIpc) is 2.81. The molecule has 0 aromatic heterocycles. The van der Waals surface area contributed by atoms with Crippen molar-refractivity contribution in [2.24, 2.45) is 0 Å². The molecule has 1 fully saturated rings. The minimum absolute atomic E-state index is 0.112. The highest BCUT2D eigenvalue weighted by molar-refractivity contribution is 7.96. The lowest BCUT2D eigenvalue weighted by atomic mass is 9.96. The second-order valence-electron chi connectivity index (χ2n) is 7.74. The van der Waals surface area contributed by atoms with Gasteiger partial charge in [-0.15, -0.1) is 0 Å². The summed E-state index contributed by atoms with van der Waals surface area (Å²) in [4.78, 5) is 25.8. The number of piperidine rings is 1. The number of benzene rings is 2. The van der Waals surface area contributed by atoms with Gasteiger partial charge < -0.3 is 10.1 Å². The third-order valence-electron chi connectivity index (χ3n) is 6.00. The van der Waals surface area contributed by atoms with Crippen LogP contribution in [0.15, 0.2) is 36.4 Å². The van der Waals surface area contributed by atoms with Crippen LogP contribution in [-0.4, -0.2) is 66.7 Å². The molecule has 0 bridgehead atoms. The molecule has 1 N–H and O–H groups in total. The van der Waals surface area contributed by atoms with Crippen LogP contribution in [0.4, 0.5) is 4.39 Å². The summed E-state index contributed by atoms with van der Waals surface area (Å²) >= 11 is 1.55. The van der Waals surface area contributed by atoms with Crippen LogP contribution >= 0.6 is 11.9 Å². The summed E-state index contributed by atoms with van der Waals surface area (Å²) in [6.45, 7) is 4.10. The van der Waals surface area contributed by atoms with Crippen molar-refractivity contribution >= 4 is 34.6 Å². The maximum Gasteiger partial charge on any atom is 0.325 e. The lowest BCUT2D eigenvalue weighted by Gasteiger charge is -2.40. The number of esters is 1. The highest BCUT2D eigenvalue weighted by atomic mass is 32.2. The van der Waals surface area contributed by atoms with E-state index in [4.69, 9.17) is 0 Å². The third-order valence-corrected chi connectivity index (χ3v) is 6.90. The number of ether oxygens (including phenoxy) is 1. The van der Waals surface area contributed by atoms with Gasteiger partial charge in [-0.25, -0.2) is 8.70 Å². The molecule has 6 nitrogen and oxygen atoms in total. The van der Waals surface area contributed by atoms with Gasteiger partial charge in [0, 0.05) is 30.6 Å². The van der Waals surface area contributed by atoms with Crippen molar-refractivity contribution in [2.45, 2.75) is 31.8 Å². The second kappa shape index (κ2) is 10.9. The zero-order valence-electron chi connectivity index (χ0n) is 18.3. The van der Waals surface area contributed by atoms with E-state index in [1.54, 1.807) is 18.0 Å². The van der Waals surface area contributed by atoms with Crippen molar-refractivity contribution in [3.05, 3.63) is 47.8 Å². The fourth-order valence-corrected chi connectivity index (χ4v) is 4.95. The van der Waals surface area contributed by atoms with Crippen LogP contribution in [0.2, 0.25) is 0 Å². The Kier molecular flexibility index (Phi) is 8.28. The van der Waals surface area contributed by atoms with E-state index in [1.807, 2.05) is 36.6 Å². The molecule has 0 radical (unpaired) electrons. The Morgan fingerprint density at radius 3 is 2.55 bits per heavy atom. The molecule has 31 heavy (non-hydrogen) atoms. The van der Waals surface area contributed by atoms with Gasteiger partial charge in [0.05, 0.1) is 13.7 Å². The fourth-order valence-electron chi connectivity index (χ4n) is 4.19. The molecule has 1 heterocycles. The van der Waals surface area contributed by atoms with E-state index < -0.39 is 5.97 Å². The summed E-state index contributed by atoms with van der Waals surface area (Å²) in [7, 11) is 1.30. The predicted molar refractivity (Wildman–Crippen MR) is 122 cm³/mol. The maximum absolute atomic E-state index is 14.2. The Bertz CT molecular complexity index is 918. The molecule has 3 rings (SSSR count). The number of rotatable bonds is 8. The molecular formula is C23H30FN3O3S. The van der Waals surface area contributed by atoms with Crippen molar-refractivity contribution < 1.29 is 18.7 Å². The van der Waals surface area contributed by atoms with E-state index in [-0.39, 0.29) is 36.9 Å². The smallest absolute Gasteiger partial charge is 0.325 e. The molecule has 1 amide bonds. The minimum Gasteiger partial charge on any atom is -0.468 e. The first-order valence-electron chi connectivity index (χ1n) is 10.5. The van der Waals surface area contributed by atoms with Crippen LogP contribution in [-0.2, 0) is 14.3 Å². The number of halogens is 1. The number of carbonyl (C=O) groups is 2. The molecule has 1 saturated heterocycles. The number of carbonyl (C=O) groups excluding carboxylic acids is 2. The van der Waals surface area contributed by atoms with Gasteiger partial charge in [-0.3, -0.25) is 14.5 Å². The molecule has 1 aliphatic rings. The summed E-state index contributed by atoms with van der Waals surface area (Å²) < 4.78 is 20.8. The fraction of sp³-hybridized carbons (Fsp3) is 0.478. The molecule has 0 spiro atoms. The third kappa shape index (κ3) is 5.75. The van der Waals surface area contributed by atoms with Crippen LogP contribution in [0, 0.1) is 5.82 Å². The van der Waals surface area contributed by atoms with Gasteiger partial charge in [-0.05, 0) is 43.0 Å². The van der Waals surface area contributed by atoms with Crippen molar-refractivity contribution in [2.75, 3.05) is 39.5 Å². The minimum atomic E-state index is -0.459. The first kappa shape index (κ1) is 23.5. The normalized spacial score (nSPS) is 16.4. The van der Waals surface area contributed by atoms with E-state index in [1.165, 1.54) is 7.11 Å². The van der Waals surface area contributed by atoms with Crippen molar-refractivity contribution in [3.8, 4) is 0 Å². The number of hydrogen-bond acceptors (Lipinski definition) is 6. The van der Waals surface area contributed by atoms with Gasteiger partial charge in [0.1, 0.15) is 12.4 Å². The lowest BCUT2D eigenvalue weighted by Crippen LogP contribution is -2.46. The standard InChI is InChI=1S/C23H30FN3O3S/c1-16(18-8-9-21(24)20-7-5-4-6-19(18)20)26-12-10-17(11-13-26)27(31-3)15-22(28)25-14-23(29)30-2/h4-9,16-17H,10-15H2,1-3H3,(H,25,28). The average molecular weight is 448 g/mol. The van der Waals surface area contributed by atoms with Crippen molar-refractivity contribution in [1.82, 2.24) is 14.5 Å². The molecule has 8 heteroatoms. The Hall–Kier alpha value is -2.16. The summed E-state index contributed by atoms with van der Waals surface area (Å²) in [6.07, 6.45) is 3.84. The zero-order valence-corrected chi connectivity index (χ0v) is 19.1. The van der Waals surface area contributed by atoms with Gasteiger partial charge >= 0.3 is 5.97 Å².